The Morgan fingerprint density at radius 2 is 1.65 bits per heavy atom. The molecule has 2 aromatic rings. The molecule has 1 saturated heterocycles. The van der Waals surface area contributed by atoms with Crippen molar-refractivity contribution in [2.45, 2.75) is 18.9 Å². The zero-order valence-electron chi connectivity index (χ0n) is 13.1. The quantitative estimate of drug-likeness (QED) is 0.694. The van der Waals surface area contributed by atoms with Gasteiger partial charge in [0.25, 0.3) is 0 Å². The van der Waals surface area contributed by atoms with Crippen LogP contribution in [0.1, 0.15) is 28.8 Å². The lowest BCUT2D eigenvalue weighted by molar-refractivity contribution is 0.104. The summed E-state index contributed by atoms with van der Waals surface area (Å²) in [7, 11) is 0. The molecular formula is C20H21NO2. The third-order valence-electron chi connectivity index (χ3n) is 4.21. The van der Waals surface area contributed by atoms with E-state index in [4.69, 9.17) is 0 Å². The molecule has 0 aromatic heterocycles. The van der Waals surface area contributed by atoms with E-state index in [0.29, 0.717) is 5.56 Å². The number of ketones is 1. The number of hydrogen-bond acceptors (Lipinski definition) is 3. The maximum Gasteiger partial charge on any atom is 0.185 e. The maximum atomic E-state index is 12.2. The summed E-state index contributed by atoms with van der Waals surface area (Å²) >= 11 is 0. The summed E-state index contributed by atoms with van der Waals surface area (Å²) in [6, 6.07) is 17.5. The molecule has 23 heavy (non-hydrogen) atoms. The molecule has 1 aliphatic rings. The summed E-state index contributed by atoms with van der Waals surface area (Å²) in [6.07, 6.45) is 4.89. The van der Waals surface area contributed by atoms with E-state index in [0.717, 1.165) is 37.2 Å². The van der Waals surface area contributed by atoms with E-state index < -0.39 is 0 Å². The van der Waals surface area contributed by atoms with Crippen LogP contribution in [0.5, 0.6) is 0 Å². The van der Waals surface area contributed by atoms with Gasteiger partial charge in [0, 0.05) is 24.3 Å². The Morgan fingerprint density at radius 1 is 1.00 bits per heavy atom. The van der Waals surface area contributed by atoms with Gasteiger partial charge in [-0.25, -0.2) is 0 Å². The summed E-state index contributed by atoms with van der Waals surface area (Å²) in [4.78, 5) is 14.5. The van der Waals surface area contributed by atoms with Crippen LogP contribution < -0.4 is 4.90 Å². The second kappa shape index (κ2) is 7.25. The SMILES string of the molecule is O=C(/C=C/c1ccccc1)c1ccc(N2CCC(O)CC2)cc1. The molecule has 3 nitrogen and oxygen atoms in total. The predicted molar refractivity (Wildman–Crippen MR) is 93.7 cm³/mol. The molecule has 1 N–H and O–H groups in total. The topological polar surface area (TPSA) is 40.5 Å². The van der Waals surface area contributed by atoms with Crippen LogP contribution in [-0.4, -0.2) is 30.1 Å². The highest BCUT2D eigenvalue weighted by Gasteiger charge is 2.17. The van der Waals surface area contributed by atoms with Crippen molar-refractivity contribution in [2.75, 3.05) is 18.0 Å². The molecule has 0 atom stereocenters. The normalized spacial score (nSPS) is 16.0. The molecule has 1 aliphatic heterocycles. The molecular weight excluding hydrogens is 286 g/mol. The van der Waals surface area contributed by atoms with Crippen LogP contribution in [0.15, 0.2) is 60.7 Å². The number of rotatable bonds is 4. The first-order valence-corrected chi connectivity index (χ1v) is 8.03. The molecule has 2 aromatic carbocycles. The number of benzene rings is 2. The number of allylic oxidation sites excluding steroid dienone is 1. The summed E-state index contributed by atoms with van der Waals surface area (Å²) in [6.45, 7) is 1.73. The zero-order chi connectivity index (χ0) is 16.1. The van der Waals surface area contributed by atoms with Crippen LogP contribution >= 0.6 is 0 Å². The number of piperidine rings is 1. The van der Waals surface area contributed by atoms with Crippen LogP contribution in [-0.2, 0) is 0 Å². The highest BCUT2D eigenvalue weighted by Crippen LogP contribution is 2.20. The van der Waals surface area contributed by atoms with Gasteiger partial charge in [-0.15, -0.1) is 0 Å². The second-order valence-electron chi connectivity index (χ2n) is 5.87. The molecule has 118 valence electrons. The lowest BCUT2D eigenvalue weighted by atomic mass is 10.1. The van der Waals surface area contributed by atoms with E-state index in [2.05, 4.69) is 4.90 Å². The van der Waals surface area contributed by atoms with E-state index in [-0.39, 0.29) is 11.9 Å². The summed E-state index contributed by atoms with van der Waals surface area (Å²) in [5.41, 5.74) is 2.82. The summed E-state index contributed by atoms with van der Waals surface area (Å²) in [5.74, 6) is 0.00877. The fourth-order valence-electron chi connectivity index (χ4n) is 2.79. The molecule has 0 bridgehead atoms. The van der Waals surface area contributed by atoms with Crippen LogP contribution in [0.4, 0.5) is 5.69 Å². The van der Waals surface area contributed by atoms with Gasteiger partial charge in [-0.05, 0) is 48.7 Å². The fraction of sp³-hybridized carbons (Fsp3) is 0.250. The molecule has 3 rings (SSSR count). The summed E-state index contributed by atoms with van der Waals surface area (Å²) in [5, 5.41) is 9.56. The van der Waals surface area contributed by atoms with Gasteiger partial charge < -0.3 is 10.0 Å². The zero-order valence-corrected chi connectivity index (χ0v) is 13.1. The van der Waals surface area contributed by atoms with Gasteiger partial charge in [0.1, 0.15) is 0 Å². The van der Waals surface area contributed by atoms with Gasteiger partial charge in [-0.1, -0.05) is 36.4 Å². The predicted octanol–water partition coefficient (Wildman–Crippen LogP) is 3.54. The van der Waals surface area contributed by atoms with E-state index >= 15 is 0 Å². The lowest BCUT2D eigenvalue weighted by Crippen LogP contribution is -2.35. The van der Waals surface area contributed by atoms with Crippen LogP contribution in [0.2, 0.25) is 0 Å². The molecule has 0 aliphatic carbocycles. The van der Waals surface area contributed by atoms with Gasteiger partial charge in [-0.3, -0.25) is 4.79 Å². The van der Waals surface area contributed by atoms with Crippen LogP contribution in [0.3, 0.4) is 0 Å². The van der Waals surface area contributed by atoms with Gasteiger partial charge in [0.2, 0.25) is 0 Å². The minimum atomic E-state index is -0.171. The molecule has 0 unspecified atom stereocenters. The number of aliphatic hydroxyl groups excluding tert-OH is 1. The van der Waals surface area contributed by atoms with Crippen molar-refractivity contribution >= 4 is 17.5 Å². The third-order valence-corrected chi connectivity index (χ3v) is 4.21. The minimum absolute atomic E-state index is 0.00877. The van der Waals surface area contributed by atoms with E-state index in [1.807, 2.05) is 60.7 Å². The Hall–Kier alpha value is -2.39. The van der Waals surface area contributed by atoms with Crippen LogP contribution in [0.25, 0.3) is 6.08 Å². The van der Waals surface area contributed by atoms with Gasteiger partial charge in [0.15, 0.2) is 5.78 Å². The maximum absolute atomic E-state index is 12.2. The average molecular weight is 307 g/mol. The second-order valence-corrected chi connectivity index (χ2v) is 5.87. The first kappa shape index (κ1) is 15.5. The highest BCUT2D eigenvalue weighted by molar-refractivity contribution is 6.06. The van der Waals surface area contributed by atoms with Crippen molar-refractivity contribution in [1.29, 1.82) is 0 Å². The van der Waals surface area contributed by atoms with Crippen molar-refractivity contribution in [3.05, 3.63) is 71.8 Å². The first-order chi connectivity index (χ1) is 11.2. The Bertz CT molecular complexity index is 669. The molecule has 0 saturated carbocycles. The van der Waals surface area contributed by atoms with E-state index in [1.165, 1.54) is 0 Å². The van der Waals surface area contributed by atoms with Gasteiger partial charge in [0.05, 0.1) is 6.10 Å². The number of anilines is 1. The largest absolute Gasteiger partial charge is 0.393 e. The van der Waals surface area contributed by atoms with Crippen molar-refractivity contribution in [2.24, 2.45) is 0 Å². The number of hydrogen-bond donors (Lipinski definition) is 1. The summed E-state index contributed by atoms with van der Waals surface area (Å²) < 4.78 is 0. The van der Waals surface area contributed by atoms with Crippen LogP contribution in [0, 0.1) is 0 Å². The highest BCUT2D eigenvalue weighted by atomic mass is 16.3. The van der Waals surface area contributed by atoms with Gasteiger partial charge in [-0.2, -0.15) is 0 Å². The van der Waals surface area contributed by atoms with Crippen molar-refractivity contribution in [1.82, 2.24) is 0 Å². The van der Waals surface area contributed by atoms with E-state index in [1.54, 1.807) is 6.08 Å². The van der Waals surface area contributed by atoms with E-state index in [9.17, 15) is 9.90 Å². The smallest absolute Gasteiger partial charge is 0.185 e. The Labute approximate surface area is 136 Å². The Kier molecular flexibility index (Phi) is 4.89. The Morgan fingerprint density at radius 3 is 2.30 bits per heavy atom. The lowest BCUT2D eigenvalue weighted by Gasteiger charge is -2.31. The third kappa shape index (κ3) is 4.08. The average Bonchev–Trinajstić information content (AvgIpc) is 2.61. The standard InChI is InChI=1S/C20H21NO2/c22-19-12-14-21(15-13-19)18-9-7-17(8-10-18)20(23)11-6-16-4-2-1-3-5-16/h1-11,19,22H,12-15H2/b11-6+. The van der Waals surface area contributed by atoms with Crippen molar-refractivity contribution in [3.63, 3.8) is 0 Å². The molecule has 0 radical (unpaired) electrons. The fourth-order valence-corrected chi connectivity index (χ4v) is 2.79. The van der Waals surface area contributed by atoms with Crippen molar-refractivity contribution in [3.8, 4) is 0 Å². The number of carbonyl (C=O) groups is 1. The molecule has 0 spiro atoms. The minimum Gasteiger partial charge on any atom is -0.393 e. The molecule has 0 amide bonds. The first-order valence-electron chi connectivity index (χ1n) is 8.03. The molecule has 1 heterocycles. The number of nitrogens with zero attached hydrogens (tertiary/aromatic N) is 1. The monoisotopic (exact) mass is 307 g/mol. The Balaban J connectivity index is 1.65. The van der Waals surface area contributed by atoms with Gasteiger partial charge >= 0.3 is 0 Å². The molecule has 1 fully saturated rings. The number of aliphatic hydroxyl groups is 1. The van der Waals surface area contributed by atoms with Crippen molar-refractivity contribution < 1.29 is 9.90 Å². The molecule has 3 heteroatoms. The number of carbonyl (C=O) groups excluding carboxylic acids is 1.